The van der Waals surface area contributed by atoms with Crippen molar-refractivity contribution in [3.63, 3.8) is 0 Å². The predicted octanol–water partition coefficient (Wildman–Crippen LogP) is 5.30. The maximum absolute atomic E-state index is 12.0. The number of hydrogen-bond acceptors (Lipinski definition) is 8. The molecular weight excluding hydrogens is 452 g/mol. The van der Waals surface area contributed by atoms with Crippen LogP contribution in [-0.4, -0.2) is 45.1 Å². The number of thiazole rings is 1. The largest absolute Gasteiger partial charge is 0.446 e. The van der Waals surface area contributed by atoms with Crippen molar-refractivity contribution >= 4 is 39.3 Å². The summed E-state index contributed by atoms with van der Waals surface area (Å²) in [5.74, 6) is 1.71. The van der Waals surface area contributed by atoms with Crippen molar-refractivity contribution in [1.82, 2.24) is 25.1 Å². The van der Waals surface area contributed by atoms with Crippen molar-refractivity contribution < 1.29 is 14.3 Å². The number of methoxy groups -OCH3 is 1. The summed E-state index contributed by atoms with van der Waals surface area (Å²) < 4.78 is 13.9. The van der Waals surface area contributed by atoms with E-state index in [0.29, 0.717) is 12.4 Å². The highest BCUT2D eigenvalue weighted by molar-refractivity contribution is 7.18. The summed E-state index contributed by atoms with van der Waals surface area (Å²) in [4.78, 5) is 21.2. The molecule has 3 aromatic heterocycles. The molecule has 2 atom stereocenters. The van der Waals surface area contributed by atoms with Crippen LogP contribution in [0.15, 0.2) is 18.3 Å². The Kier molecular flexibility index (Phi) is 7.09. The van der Waals surface area contributed by atoms with Gasteiger partial charge in [0.25, 0.3) is 0 Å². The second-order valence-corrected chi connectivity index (χ2v) is 11.2. The van der Waals surface area contributed by atoms with Crippen LogP contribution in [0.2, 0.25) is 0 Å². The van der Waals surface area contributed by atoms with E-state index in [0.717, 1.165) is 46.0 Å². The second-order valence-electron chi connectivity index (χ2n) is 10.1. The number of aromatic nitrogens is 4. The maximum atomic E-state index is 12.0. The van der Waals surface area contributed by atoms with Gasteiger partial charge in [-0.05, 0) is 53.9 Å². The average Bonchev–Trinajstić information content (AvgIpc) is 3.44. The predicted molar refractivity (Wildman–Crippen MR) is 134 cm³/mol. The van der Waals surface area contributed by atoms with Crippen molar-refractivity contribution in [2.75, 3.05) is 12.4 Å². The molecule has 0 radical (unpaired) electrons. The van der Waals surface area contributed by atoms with Gasteiger partial charge in [-0.2, -0.15) is 5.10 Å². The molecule has 10 heteroatoms. The SMILES string of the molecule is COCc1nc2cc(Nc3cc([C@@H]4CC[C@H](OC(=O)NC(C)C)C4)n(C(C)(C)C)n3)ncc2s1. The van der Waals surface area contributed by atoms with Gasteiger partial charge < -0.3 is 20.1 Å². The minimum Gasteiger partial charge on any atom is -0.446 e. The molecule has 2 N–H and O–H groups in total. The Hall–Kier alpha value is -2.72. The first-order valence-electron chi connectivity index (χ1n) is 11.7. The monoisotopic (exact) mass is 486 g/mol. The lowest BCUT2D eigenvalue weighted by molar-refractivity contribution is 0.0979. The minimum atomic E-state index is -0.343. The molecule has 0 bridgehead atoms. The van der Waals surface area contributed by atoms with E-state index in [9.17, 15) is 4.79 Å². The summed E-state index contributed by atoms with van der Waals surface area (Å²) in [6, 6.07) is 4.09. The zero-order valence-corrected chi connectivity index (χ0v) is 21.5. The molecule has 1 aliphatic carbocycles. The molecule has 3 heterocycles. The number of hydrogen-bond donors (Lipinski definition) is 2. The molecule has 0 aliphatic heterocycles. The Bertz CT molecular complexity index is 1150. The van der Waals surface area contributed by atoms with Crippen LogP contribution in [0.4, 0.5) is 16.4 Å². The summed E-state index contributed by atoms with van der Waals surface area (Å²) in [5.41, 5.74) is 1.84. The molecule has 184 valence electrons. The first-order valence-corrected chi connectivity index (χ1v) is 12.5. The van der Waals surface area contributed by atoms with Crippen LogP contribution in [0.25, 0.3) is 10.2 Å². The summed E-state index contributed by atoms with van der Waals surface area (Å²) in [6.07, 6.45) is 3.99. The Morgan fingerprint density at radius 3 is 2.76 bits per heavy atom. The van der Waals surface area contributed by atoms with Crippen LogP contribution >= 0.6 is 11.3 Å². The topological polar surface area (TPSA) is 103 Å². The minimum absolute atomic E-state index is 0.0596. The molecule has 34 heavy (non-hydrogen) atoms. The number of pyridine rings is 1. The lowest BCUT2D eigenvalue weighted by Gasteiger charge is -2.24. The van der Waals surface area contributed by atoms with Gasteiger partial charge in [-0.1, -0.05) is 0 Å². The van der Waals surface area contributed by atoms with E-state index in [1.807, 2.05) is 26.1 Å². The average molecular weight is 487 g/mol. The number of anilines is 2. The van der Waals surface area contributed by atoms with Gasteiger partial charge in [-0.15, -0.1) is 11.3 Å². The van der Waals surface area contributed by atoms with Crippen LogP contribution in [0.5, 0.6) is 0 Å². The fourth-order valence-corrected chi connectivity index (χ4v) is 5.18. The van der Waals surface area contributed by atoms with E-state index < -0.39 is 0 Å². The van der Waals surface area contributed by atoms with Gasteiger partial charge in [-0.25, -0.2) is 14.8 Å². The third-order valence-electron chi connectivity index (χ3n) is 5.70. The van der Waals surface area contributed by atoms with E-state index in [1.165, 1.54) is 0 Å². The molecule has 1 amide bonds. The van der Waals surface area contributed by atoms with E-state index in [-0.39, 0.29) is 29.7 Å². The molecule has 0 unspecified atom stereocenters. The summed E-state index contributed by atoms with van der Waals surface area (Å²) in [5, 5.41) is 12.0. The van der Waals surface area contributed by atoms with Crippen molar-refractivity contribution in [2.45, 2.75) is 84.1 Å². The van der Waals surface area contributed by atoms with Gasteiger partial charge in [-0.3, -0.25) is 4.68 Å². The molecule has 1 saturated carbocycles. The molecule has 0 saturated heterocycles. The van der Waals surface area contributed by atoms with Gasteiger partial charge in [0, 0.05) is 43.1 Å². The Morgan fingerprint density at radius 1 is 1.26 bits per heavy atom. The normalized spacial score (nSPS) is 18.6. The number of nitrogens with one attached hydrogen (secondary N) is 2. The van der Waals surface area contributed by atoms with Crippen LogP contribution in [0.1, 0.15) is 70.5 Å². The first kappa shape index (κ1) is 24.4. The fraction of sp³-hybridized carbons (Fsp3) is 0.583. The quantitative estimate of drug-likeness (QED) is 0.467. The highest BCUT2D eigenvalue weighted by atomic mass is 32.1. The van der Waals surface area contributed by atoms with Gasteiger partial charge in [0.1, 0.15) is 16.9 Å². The van der Waals surface area contributed by atoms with Crippen LogP contribution in [0.3, 0.4) is 0 Å². The standard InChI is InChI=1S/C24H34N6O3S/c1-14(2)26-23(31)33-16-8-7-15(9-16)18-11-21(29-30(18)24(3,4)5)28-20-10-17-19(12-25-20)34-22(27-17)13-32-6/h10-12,14-16H,7-9,13H2,1-6H3,(H,26,31)(H,25,28,29)/t15-,16+/m1/s1. The van der Waals surface area contributed by atoms with Crippen LogP contribution in [-0.2, 0) is 21.6 Å². The third-order valence-corrected chi connectivity index (χ3v) is 6.68. The molecule has 3 aromatic rings. The van der Waals surface area contributed by atoms with Crippen molar-refractivity contribution in [1.29, 1.82) is 0 Å². The number of fused-ring (bicyclic) bond motifs is 1. The van der Waals surface area contributed by atoms with Gasteiger partial charge in [0.2, 0.25) is 0 Å². The third kappa shape index (κ3) is 5.67. The number of rotatable bonds is 7. The van der Waals surface area contributed by atoms with E-state index in [1.54, 1.807) is 18.4 Å². The highest BCUT2D eigenvalue weighted by Crippen LogP contribution is 2.39. The van der Waals surface area contributed by atoms with E-state index in [4.69, 9.17) is 14.6 Å². The van der Waals surface area contributed by atoms with Crippen LogP contribution in [0, 0.1) is 0 Å². The summed E-state index contributed by atoms with van der Waals surface area (Å²) in [7, 11) is 1.67. The first-order chi connectivity index (χ1) is 16.1. The lowest BCUT2D eigenvalue weighted by atomic mass is 10.0. The molecule has 0 spiro atoms. The van der Waals surface area contributed by atoms with Gasteiger partial charge >= 0.3 is 6.09 Å². The summed E-state index contributed by atoms with van der Waals surface area (Å²) in [6.45, 7) is 10.8. The molecular formula is C24H34N6O3S. The van der Waals surface area contributed by atoms with Gasteiger partial charge in [0.15, 0.2) is 5.82 Å². The second kappa shape index (κ2) is 9.87. The van der Waals surface area contributed by atoms with E-state index in [2.05, 4.69) is 52.1 Å². The lowest BCUT2D eigenvalue weighted by Crippen LogP contribution is -2.33. The Morgan fingerprint density at radius 2 is 2.06 bits per heavy atom. The van der Waals surface area contributed by atoms with Crippen molar-refractivity contribution in [3.8, 4) is 0 Å². The Labute approximate surface area is 204 Å². The highest BCUT2D eigenvalue weighted by Gasteiger charge is 2.33. The molecule has 9 nitrogen and oxygen atoms in total. The zero-order chi connectivity index (χ0) is 24.5. The molecule has 0 aromatic carbocycles. The maximum Gasteiger partial charge on any atom is 0.407 e. The molecule has 4 rings (SSSR count). The van der Waals surface area contributed by atoms with Crippen LogP contribution < -0.4 is 10.6 Å². The number of nitrogens with zero attached hydrogens (tertiary/aromatic N) is 4. The summed E-state index contributed by atoms with van der Waals surface area (Å²) >= 11 is 1.58. The Balaban J connectivity index is 1.51. The number of alkyl carbamates (subject to hydrolysis) is 1. The van der Waals surface area contributed by atoms with E-state index >= 15 is 0 Å². The molecule has 1 aliphatic rings. The number of carbonyl (C=O) groups is 1. The number of ether oxygens (including phenoxy) is 2. The number of carbonyl (C=O) groups excluding carboxylic acids is 1. The van der Waals surface area contributed by atoms with Crippen molar-refractivity contribution in [2.24, 2.45) is 0 Å². The van der Waals surface area contributed by atoms with Crippen molar-refractivity contribution in [3.05, 3.63) is 29.0 Å². The smallest absolute Gasteiger partial charge is 0.407 e. The number of amides is 1. The zero-order valence-electron chi connectivity index (χ0n) is 20.7. The fourth-order valence-electron chi connectivity index (χ4n) is 4.29. The van der Waals surface area contributed by atoms with Gasteiger partial charge in [0.05, 0.1) is 22.4 Å². The molecule has 1 fully saturated rings.